The van der Waals surface area contributed by atoms with Crippen molar-refractivity contribution in [2.24, 2.45) is 0 Å². The smallest absolute Gasteiger partial charge is 0.407 e. The van der Waals surface area contributed by atoms with Crippen molar-refractivity contribution >= 4 is 17.7 Å². The molecule has 2 rings (SSSR count). The molecule has 2 amide bonds. The molecule has 27 heavy (non-hydrogen) atoms. The number of carbonyl (C=O) groups is 2. The van der Waals surface area contributed by atoms with E-state index in [1.165, 1.54) is 0 Å². The first-order chi connectivity index (χ1) is 12.7. The second-order valence-corrected chi connectivity index (χ2v) is 7.44. The first kappa shape index (κ1) is 20.5. The summed E-state index contributed by atoms with van der Waals surface area (Å²) in [6, 6.07) is 15.2. The van der Waals surface area contributed by atoms with Crippen LogP contribution >= 0.6 is 0 Å². The summed E-state index contributed by atoms with van der Waals surface area (Å²) < 4.78 is 5.22. The quantitative estimate of drug-likeness (QED) is 0.833. The maximum Gasteiger partial charge on any atom is 0.407 e. The number of hydrogen-bond donors (Lipinski definition) is 1. The van der Waals surface area contributed by atoms with E-state index in [1.807, 2.05) is 71.0 Å². The zero-order chi connectivity index (χ0) is 20.0. The molecule has 1 N–H and O–H groups in total. The summed E-state index contributed by atoms with van der Waals surface area (Å²) in [5.41, 5.74) is 2.98. The Hall–Kier alpha value is -2.82. The number of alkyl carbamates (subject to hydrolysis) is 1. The van der Waals surface area contributed by atoms with Crippen LogP contribution in [-0.2, 0) is 11.3 Å². The van der Waals surface area contributed by atoms with Gasteiger partial charge in [-0.15, -0.1) is 0 Å². The van der Waals surface area contributed by atoms with Crippen molar-refractivity contribution in [1.82, 2.24) is 5.32 Å². The van der Waals surface area contributed by atoms with E-state index < -0.39 is 11.7 Å². The number of benzene rings is 2. The number of aryl methyl sites for hydroxylation is 1. The Bertz CT molecular complexity index is 792. The number of hydrogen-bond acceptors (Lipinski definition) is 3. The zero-order valence-corrected chi connectivity index (χ0v) is 16.7. The standard InChI is InChI=1S/C22H28N2O3/c1-6-24(19-9-7-8-16(2)14-19)20(25)18-12-10-17(11-13-18)15-23-21(26)27-22(3,4)5/h7-14H,6,15H2,1-5H3,(H,23,26). The van der Waals surface area contributed by atoms with Gasteiger partial charge in [-0.2, -0.15) is 0 Å². The molecule has 0 aliphatic heterocycles. The molecule has 0 saturated heterocycles. The molecule has 0 spiro atoms. The second-order valence-electron chi connectivity index (χ2n) is 7.44. The van der Waals surface area contributed by atoms with Gasteiger partial charge < -0.3 is 15.0 Å². The van der Waals surface area contributed by atoms with Crippen molar-refractivity contribution in [3.05, 3.63) is 65.2 Å². The Labute approximate surface area is 161 Å². The molecule has 0 aliphatic rings. The molecule has 0 fully saturated rings. The summed E-state index contributed by atoms with van der Waals surface area (Å²) in [5, 5.41) is 2.71. The van der Waals surface area contributed by atoms with Crippen LogP contribution in [0.3, 0.4) is 0 Å². The Morgan fingerprint density at radius 1 is 1.07 bits per heavy atom. The predicted octanol–water partition coefficient (Wildman–Crippen LogP) is 4.69. The van der Waals surface area contributed by atoms with Crippen LogP contribution in [-0.4, -0.2) is 24.1 Å². The van der Waals surface area contributed by atoms with E-state index in [9.17, 15) is 9.59 Å². The number of nitrogens with zero attached hydrogens (tertiary/aromatic N) is 1. The molecule has 5 nitrogen and oxygen atoms in total. The van der Waals surface area contributed by atoms with E-state index in [4.69, 9.17) is 4.74 Å². The fraction of sp³-hybridized carbons (Fsp3) is 0.364. The van der Waals surface area contributed by atoms with Crippen LogP contribution in [0.2, 0.25) is 0 Å². The average Bonchev–Trinajstić information content (AvgIpc) is 2.59. The molecule has 0 heterocycles. The topological polar surface area (TPSA) is 58.6 Å². The highest BCUT2D eigenvalue weighted by Crippen LogP contribution is 2.19. The van der Waals surface area contributed by atoms with Crippen molar-refractivity contribution in [1.29, 1.82) is 0 Å². The minimum atomic E-state index is -0.528. The van der Waals surface area contributed by atoms with Crippen molar-refractivity contribution in [3.8, 4) is 0 Å². The van der Waals surface area contributed by atoms with Crippen molar-refractivity contribution in [2.75, 3.05) is 11.4 Å². The van der Waals surface area contributed by atoms with E-state index in [1.54, 1.807) is 17.0 Å². The van der Waals surface area contributed by atoms with Gasteiger partial charge in [0.15, 0.2) is 0 Å². The zero-order valence-electron chi connectivity index (χ0n) is 16.7. The maximum absolute atomic E-state index is 12.9. The number of ether oxygens (including phenoxy) is 1. The monoisotopic (exact) mass is 368 g/mol. The van der Waals surface area contributed by atoms with Gasteiger partial charge in [-0.1, -0.05) is 24.3 Å². The van der Waals surface area contributed by atoms with Gasteiger partial charge in [0, 0.05) is 24.3 Å². The molecular formula is C22H28N2O3. The van der Waals surface area contributed by atoms with Crippen LogP contribution in [0.1, 0.15) is 49.2 Å². The van der Waals surface area contributed by atoms with Crippen molar-refractivity contribution < 1.29 is 14.3 Å². The van der Waals surface area contributed by atoms with Gasteiger partial charge in [0.1, 0.15) is 5.60 Å². The van der Waals surface area contributed by atoms with Gasteiger partial charge in [-0.05, 0) is 70.0 Å². The Balaban J connectivity index is 2.03. The summed E-state index contributed by atoms with van der Waals surface area (Å²) in [7, 11) is 0. The number of rotatable bonds is 5. The van der Waals surface area contributed by atoms with E-state index in [-0.39, 0.29) is 5.91 Å². The summed E-state index contributed by atoms with van der Waals surface area (Å²) in [6.07, 6.45) is -0.459. The first-order valence-electron chi connectivity index (χ1n) is 9.14. The largest absolute Gasteiger partial charge is 0.444 e. The maximum atomic E-state index is 12.9. The van der Waals surface area contributed by atoms with Gasteiger partial charge in [-0.3, -0.25) is 4.79 Å². The summed E-state index contributed by atoms with van der Waals surface area (Å²) >= 11 is 0. The van der Waals surface area contributed by atoms with Crippen LogP contribution in [0.25, 0.3) is 0 Å². The van der Waals surface area contributed by atoms with Gasteiger partial charge in [0.05, 0.1) is 0 Å². The molecule has 0 radical (unpaired) electrons. The highest BCUT2D eigenvalue weighted by Gasteiger charge is 2.17. The van der Waals surface area contributed by atoms with Crippen LogP contribution in [0.15, 0.2) is 48.5 Å². The third-order valence-corrected chi connectivity index (χ3v) is 3.91. The Morgan fingerprint density at radius 3 is 2.30 bits per heavy atom. The van der Waals surface area contributed by atoms with Crippen molar-refractivity contribution in [3.63, 3.8) is 0 Å². The number of anilines is 1. The number of nitrogens with one attached hydrogen (secondary N) is 1. The van der Waals surface area contributed by atoms with Crippen LogP contribution < -0.4 is 10.2 Å². The number of amides is 2. The van der Waals surface area contributed by atoms with Gasteiger partial charge in [-0.25, -0.2) is 4.79 Å². The van der Waals surface area contributed by atoms with E-state index in [2.05, 4.69) is 5.32 Å². The SMILES string of the molecule is CCN(C(=O)c1ccc(CNC(=O)OC(C)(C)C)cc1)c1cccc(C)c1. The lowest BCUT2D eigenvalue weighted by atomic mass is 10.1. The second kappa shape index (κ2) is 8.71. The van der Waals surface area contributed by atoms with Gasteiger partial charge in [0.2, 0.25) is 0 Å². The van der Waals surface area contributed by atoms with Gasteiger partial charge in [0.25, 0.3) is 5.91 Å². The van der Waals surface area contributed by atoms with E-state index in [0.29, 0.717) is 18.7 Å². The third-order valence-electron chi connectivity index (χ3n) is 3.91. The fourth-order valence-electron chi connectivity index (χ4n) is 2.65. The molecule has 5 heteroatoms. The molecular weight excluding hydrogens is 340 g/mol. The lowest BCUT2D eigenvalue weighted by molar-refractivity contribution is 0.0523. The molecule has 144 valence electrons. The van der Waals surface area contributed by atoms with Crippen LogP contribution in [0, 0.1) is 6.92 Å². The minimum absolute atomic E-state index is 0.0465. The molecule has 0 bridgehead atoms. The summed E-state index contributed by atoms with van der Waals surface area (Å²) in [4.78, 5) is 26.3. The first-order valence-corrected chi connectivity index (χ1v) is 9.14. The molecule has 2 aromatic carbocycles. The highest BCUT2D eigenvalue weighted by molar-refractivity contribution is 6.06. The highest BCUT2D eigenvalue weighted by atomic mass is 16.6. The molecule has 0 aromatic heterocycles. The molecule has 0 atom stereocenters. The Kier molecular flexibility index (Phi) is 6.61. The van der Waals surface area contributed by atoms with Crippen molar-refractivity contribution in [2.45, 2.75) is 46.8 Å². The number of carbonyl (C=O) groups excluding carboxylic acids is 2. The average molecular weight is 368 g/mol. The predicted molar refractivity (Wildman–Crippen MR) is 108 cm³/mol. The van der Waals surface area contributed by atoms with Gasteiger partial charge >= 0.3 is 6.09 Å². The Morgan fingerprint density at radius 2 is 1.74 bits per heavy atom. The fourth-order valence-corrected chi connectivity index (χ4v) is 2.65. The summed E-state index contributed by atoms with van der Waals surface area (Å²) in [5.74, 6) is -0.0465. The normalized spacial score (nSPS) is 11.0. The lowest BCUT2D eigenvalue weighted by Crippen LogP contribution is -2.32. The molecule has 0 unspecified atom stereocenters. The third kappa shape index (κ3) is 6.13. The minimum Gasteiger partial charge on any atom is -0.444 e. The van der Waals surface area contributed by atoms with Crippen LogP contribution in [0.5, 0.6) is 0 Å². The van der Waals surface area contributed by atoms with Crippen LogP contribution in [0.4, 0.5) is 10.5 Å². The molecule has 0 saturated carbocycles. The summed E-state index contributed by atoms with van der Waals surface area (Å²) in [6.45, 7) is 10.4. The van der Waals surface area contributed by atoms with E-state index >= 15 is 0 Å². The molecule has 0 aliphatic carbocycles. The lowest BCUT2D eigenvalue weighted by Gasteiger charge is -2.22. The van der Waals surface area contributed by atoms with E-state index in [0.717, 1.165) is 16.8 Å². The molecule has 2 aromatic rings.